The lowest BCUT2D eigenvalue weighted by molar-refractivity contribution is -0.132. The molecule has 0 aromatic carbocycles. The largest absolute Gasteiger partial charge is 0.376 e. The molecule has 3 heterocycles. The molecule has 0 saturated carbocycles. The van der Waals surface area contributed by atoms with E-state index >= 15 is 0 Å². The molecule has 0 bridgehead atoms. The summed E-state index contributed by atoms with van der Waals surface area (Å²) in [5, 5.41) is 7.00. The van der Waals surface area contributed by atoms with Gasteiger partial charge in [0.15, 0.2) is 5.82 Å². The fourth-order valence-electron chi connectivity index (χ4n) is 2.77. The molecule has 3 rings (SSSR count). The van der Waals surface area contributed by atoms with E-state index in [-0.39, 0.29) is 17.9 Å². The van der Waals surface area contributed by atoms with Gasteiger partial charge in [0.2, 0.25) is 0 Å². The van der Waals surface area contributed by atoms with Crippen LogP contribution in [0.25, 0.3) is 5.82 Å². The highest BCUT2D eigenvalue weighted by Crippen LogP contribution is 2.17. The first-order chi connectivity index (χ1) is 12.1. The van der Waals surface area contributed by atoms with Gasteiger partial charge < -0.3 is 14.8 Å². The van der Waals surface area contributed by atoms with Gasteiger partial charge in [0.05, 0.1) is 24.6 Å². The highest BCUT2D eigenvalue weighted by atomic mass is 16.5. The van der Waals surface area contributed by atoms with E-state index in [1.54, 1.807) is 29.2 Å². The van der Waals surface area contributed by atoms with E-state index in [0.717, 1.165) is 19.4 Å². The number of aromatic nitrogens is 3. The van der Waals surface area contributed by atoms with Crippen molar-refractivity contribution < 1.29 is 14.3 Å². The number of pyridine rings is 1. The molecule has 1 aliphatic rings. The minimum Gasteiger partial charge on any atom is -0.376 e. The van der Waals surface area contributed by atoms with Crippen molar-refractivity contribution in [3.8, 4) is 5.82 Å². The van der Waals surface area contributed by atoms with Gasteiger partial charge in [0.25, 0.3) is 5.91 Å². The van der Waals surface area contributed by atoms with E-state index in [1.807, 2.05) is 26.1 Å². The zero-order valence-corrected chi connectivity index (χ0v) is 14.6. The number of nitrogens with zero attached hydrogens (tertiary/aromatic N) is 3. The Hall–Kier alpha value is -2.25. The summed E-state index contributed by atoms with van der Waals surface area (Å²) in [5.74, 6) is 0.595. The van der Waals surface area contributed by atoms with E-state index in [1.165, 1.54) is 0 Å². The molecule has 25 heavy (non-hydrogen) atoms. The number of hydrogen-bond donors (Lipinski definition) is 1. The van der Waals surface area contributed by atoms with Crippen molar-refractivity contribution in [2.24, 2.45) is 5.92 Å². The molecule has 7 heteroatoms. The van der Waals surface area contributed by atoms with Crippen molar-refractivity contribution in [2.75, 3.05) is 18.5 Å². The third kappa shape index (κ3) is 4.64. The number of carbonyl (C=O) groups excluding carboxylic acids is 1. The molecule has 0 spiro atoms. The normalized spacial score (nSPS) is 18.4. The molecule has 0 aliphatic carbocycles. The standard InChI is InChI=1S/C18H24N4O3/c1-13(2)17(25-12-15-5-3-10-24-15)18(23)21-14-6-7-16(19-11-14)22-9-4-8-20-22/h4,6-9,11,13,15,17H,3,5,10,12H2,1-2H3,(H,21,23)/t15-,17-/m0/s1. The number of nitrogens with one attached hydrogen (secondary N) is 1. The molecule has 7 nitrogen and oxygen atoms in total. The second-order valence-corrected chi connectivity index (χ2v) is 6.48. The minimum atomic E-state index is -0.519. The Kier molecular flexibility index (Phi) is 5.78. The molecule has 2 aromatic rings. The monoisotopic (exact) mass is 344 g/mol. The fraction of sp³-hybridized carbons (Fsp3) is 0.500. The van der Waals surface area contributed by atoms with E-state index in [2.05, 4.69) is 15.4 Å². The summed E-state index contributed by atoms with van der Waals surface area (Å²) in [5.41, 5.74) is 0.632. The van der Waals surface area contributed by atoms with Crippen molar-refractivity contribution in [3.05, 3.63) is 36.8 Å². The van der Waals surface area contributed by atoms with Gasteiger partial charge in [0.1, 0.15) is 6.10 Å². The highest BCUT2D eigenvalue weighted by Gasteiger charge is 2.26. The summed E-state index contributed by atoms with van der Waals surface area (Å²) < 4.78 is 13.0. The SMILES string of the molecule is CC(C)[C@H](OC[C@@H]1CCCO1)C(=O)Nc1ccc(-n2cccn2)nc1. The first-order valence-corrected chi connectivity index (χ1v) is 8.63. The second kappa shape index (κ2) is 8.22. The Bertz CT molecular complexity index is 664. The quantitative estimate of drug-likeness (QED) is 0.834. The first-order valence-electron chi connectivity index (χ1n) is 8.63. The maximum atomic E-state index is 12.6. The lowest BCUT2D eigenvalue weighted by Crippen LogP contribution is -2.36. The molecule has 0 unspecified atom stereocenters. The van der Waals surface area contributed by atoms with Gasteiger partial charge >= 0.3 is 0 Å². The third-order valence-corrected chi connectivity index (χ3v) is 4.10. The van der Waals surface area contributed by atoms with Crippen LogP contribution in [-0.2, 0) is 14.3 Å². The van der Waals surface area contributed by atoms with Crippen molar-refractivity contribution in [1.29, 1.82) is 0 Å². The van der Waals surface area contributed by atoms with E-state index < -0.39 is 6.10 Å². The van der Waals surface area contributed by atoms with Crippen LogP contribution in [0.2, 0.25) is 0 Å². The number of hydrogen-bond acceptors (Lipinski definition) is 5. The Labute approximate surface area is 147 Å². The number of carbonyl (C=O) groups is 1. The van der Waals surface area contributed by atoms with Crippen molar-refractivity contribution in [2.45, 2.75) is 38.9 Å². The summed E-state index contributed by atoms with van der Waals surface area (Å²) in [6.07, 6.45) is 6.75. The van der Waals surface area contributed by atoms with E-state index in [0.29, 0.717) is 18.1 Å². The number of ether oxygens (including phenoxy) is 2. The topological polar surface area (TPSA) is 78.3 Å². The zero-order valence-electron chi connectivity index (χ0n) is 14.6. The molecule has 2 aromatic heterocycles. The summed E-state index contributed by atoms with van der Waals surface area (Å²) in [6, 6.07) is 5.44. The van der Waals surface area contributed by atoms with Crippen LogP contribution >= 0.6 is 0 Å². The molecule has 0 radical (unpaired) electrons. The number of anilines is 1. The second-order valence-electron chi connectivity index (χ2n) is 6.48. The van der Waals surface area contributed by atoms with Gasteiger partial charge in [-0.05, 0) is 37.0 Å². The van der Waals surface area contributed by atoms with Crippen LogP contribution in [0.15, 0.2) is 36.8 Å². The number of amides is 1. The average Bonchev–Trinajstić information content (AvgIpc) is 3.29. The molecule has 134 valence electrons. The predicted octanol–water partition coefficient (Wildman–Crippen LogP) is 2.43. The van der Waals surface area contributed by atoms with Gasteiger partial charge in [-0.15, -0.1) is 0 Å². The van der Waals surface area contributed by atoms with Gasteiger partial charge in [-0.25, -0.2) is 9.67 Å². The third-order valence-electron chi connectivity index (χ3n) is 4.10. The molecule has 1 amide bonds. The van der Waals surface area contributed by atoms with Crippen LogP contribution in [-0.4, -0.2) is 46.1 Å². The van der Waals surface area contributed by atoms with Crippen molar-refractivity contribution in [3.63, 3.8) is 0 Å². The Balaban J connectivity index is 1.58. The van der Waals surface area contributed by atoms with Crippen LogP contribution in [0.5, 0.6) is 0 Å². The van der Waals surface area contributed by atoms with Crippen molar-refractivity contribution in [1.82, 2.24) is 14.8 Å². The molecule has 1 fully saturated rings. The summed E-state index contributed by atoms with van der Waals surface area (Å²) in [6.45, 7) is 5.17. The maximum absolute atomic E-state index is 12.6. The number of rotatable bonds is 7. The average molecular weight is 344 g/mol. The van der Waals surface area contributed by atoms with Gasteiger partial charge in [-0.2, -0.15) is 5.10 Å². The Morgan fingerprint density at radius 2 is 2.36 bits per heavy atom. The molecule has 1 N–H and O–H groups in total. The maximum Gasteiger partial charge on any atom is 0.253 e. The summed E-state index contributed by atoms with van der Waals surface area (Å²) in [4.78, 5) is 16.9. The van der Waals surface area contributed by atoms with Crippen LogP contribution in [0.1, 0.15) is 26.7 Å². The summed E-state index contributed by atoms with van der Waals surface area (Å²) in [7, 11) is 0. The molecule has 1 aliphatic heterocycles. The molecule has 1 saturated heterocycles. The lowest BCUT2D eigenvalue weighted by Gasteiger charge is -2.22. The smallest absolute Gasteiger partial charge is 0.253 e. The van der Waals surface area contributed by atoms with Crippen molar-refractivity contribution >= 4 is 11.6 Å². The summed E-state index contributed by atoms with van der Waals surface area (Å²) >= 11 is 0. The molecular formula is C18H24N4O3. The lowest BCUT2D eigenvalue weighted by atomic mass is 10.1. The van der Waals surface area contributed by atoms with Crippen LogP contribution in [0.3, 0.4) is 0 Å². The zero-order chi connectivity index (χ0) is 17.6. The van der Waals surface area contributed by atoms with Gasteiger partial charge in [-0.1, -0.05) is 13.8 Å². The van der Waals surface area contributed by atoms with Gasteiger partial charge in [-0.3, -0.25) is 4.79 Å². The minimum absolute atomic E-state index is 0.0673. The Morgan fingerprint density at radius 1 is 1.48 bits per heavy atom. The van der Waals surface area contributed by atoms with Crippen LogP contribution < -0.4 is 5.32 Å². The first kappa shape index (κ1) is 17.6. The molecular weight excluding hydrogens is 320 g/mol. The predicted molar refractivity (Wildman–Crippen MR) is 93.5 cm³/mol. The fourth-order valence-corrected chi connectivity index (χ4v) is 2.77. The van der Waals surface area contributed by atoms with Crippen LogP contribution in [0, 0.1) is 5.92 Å². The van der Waals surface area contributed by atoms with Gasteiger partial charge in [0, 0.05) is 19.0 Å². The highest BCUT2D eigenvalue weighted by molar-refractivity contribution is 5.94. The van der Waals surface area contributed by atoms with E-state index in [4.69, 9.17) is 9.47 Å². The van der Waals surface area contributed by atoms with Crippen LogP contribution in [0.4, 0.5) is 5.69 Å². The molecule has 2 atom stereocenters. The Morgan fingerprint density at radius 3 is 2.96 bits per heavy atom. The van der Waals surface area contributed by atoms with E-state index in [9.17, 15) is 4.79 Å².